The predicted octanol–water partition coefficient (Wildman–Crippen LogP) is 3.57. The highest BCUT2D eigenvalue weighted by Crippen LogP contribution is 2.47. The van der Waals surface area contributed by atoms with Crippen LogP contribution in [0.15, 0.2) is 48.8 Å². The molecule has 28 heavy (non-hydrogen) atoms. The monoisotopic (exact) mass is 396 g/mol. The lowest BCUT2D eigenvalue weighted by molar-refractivity contribution is 0.370. The van der Waals surface area contributed by atoms with Crippen LogP contribution in [0.5, 0.6) is 17.4 Å². The second kappa shape index (κ2) is 7.30. The summed E-state index contributed by atoms with van der Waals surface area (Å²) < 4.78 is 7.77. The summed E-state index contributed by atoms with van der Waals surface area (Å²) in [4.78, 5) is 6.53. The lowest BCUT2D eigenvalue weighted by atomic mass is 9.84. The van der Waals surface area contributed by atoms with Gasteiger partial charge in [-0.15, -0.1) is 0 Å². The van der Waals surface area contributed by atoms with Crippen molar-refractivity contribution in [2.24, 2.45) is 0 Å². The minimum Gasteiger partial charge on any atom is -0.508 e. The van der Waals surface area contributed by atoms with Crippen molar-refractivity contribution in [3.63, 3.8) is 0 Å². The highest BCUT2D eigenvalue weighted by atomic mass is 35.5. The Morgan fingerprint density at radius 1 is 1.21 bits per heavy atom. The van der Waals surface area contributed by atoms with Crippen molar-refractivity contribution in [3.05, 3.63) is 76.0 Å². The van der Waals surface area contributed by atoms with Crippen molar-refractivity contribution >= 4 is 11.6 Å². The highest BCUT2D eigenvalue weighted by Gasteiger charge is 2.33. The fourth-order valence-corrected chi connectivity index (χ4v) is 3.71. The first-order chi connectivity index (χ1) is 13.5. The van der Waals surface area contributed by atoms with Crippen molar-refractivity contribution in [1.82, 2.24) is 14.5 Å². The van der Waals surface area contributed by atoms with E-state index >= 15 is 0 Å². The van der Waals surface area contributed by atoms with Crippen molar-refractivity contribution in [2.75, 3.05) is 20.6 Å². The number of likely N-dealkylation sites (N-methyl/N-ethyl adjacent to an activating group) is 1. The normalized spacial score (nSPS) is 15.1. The van der Waals surface area contributed by atoms with Gasteiger partial charge in [-0.25, -0.2) is 4.98 Å². The highest BCUT2D eigenvalue weighted by molar-refractivity contribution is 6.31. The van der Waals surface area contributed by atoms with E-state index in [1.54, 1.807) is 18.5 Å². The van der Waals surface area contributed by atoms with Crippen molar-refractivity contribution < 1.29 is 9.84 Å². The van der Waals surface area contributed by atoms with Crippen LogP contribution in [0.4, 0.5) is 0 Å². The smallest absolute Gasteiger partial charge is 0.228 e. The molecule has 0 saturated heterocycles. The van der Waals surface area contributed by atoms with E-state index < -0.39 is 0 Å². The molecule has 0 spiro atoms. The summed E-state index contributed by atoms with van der Waals surface area (Å²) >= 11 is 6.53. The van der Waals surface area contributed by atoms with Gasteiger partial charge in [-0.2, -0.15) is 0 Å². The summed E-state index contributed by atoms with van der Waals surface area (Å²) in [5.74, 6) is 0.701. The molecule has 2 heterocycles. The maximum Gasteiger partial charge on any atom is 0.228 e. The number of phenols is 1. The molecule has 0 aliphatic carbocycles. The van der Waals surface area contributed by atoms with Gasteiger partial charge in [0.25, 0.3) is 0 Å². The summed E-state index contributed by atoms with van der Waals surface area (Å²) in [7, 11) is 3.99. The number of hydrogen-bond donors (Lipinski definition) is 2. The van der Waals surface area contributed by atoms with Crippen LogP contribution < -0.4 is 10.2 Å². The van der Waals surface area contributed by atoms with Gasteiger partial charge in [-0.1, -0.05) is 35.9 Å². The molecule has 0 radical (unpaired) electrons. The maximum atomic E-state index is 9.90. The number of phenolic OH excluding ortho intramolecular Hbond substituents is 1. The third-order valence-corrected chi connectivity index (χ3v) is 5.24. The Balaban J connectivity index is 1.93. The minimum absolute atomic E-state index is 0.114. The third kappa shape index (κ3) is 3.25. The topological polar surface area (TPSA) is 74.4 Å². The van der Waals surface area contributed by atoms with Crippen LogP contribution in [0.25, 0.3) is 0 Å². The molecule has 1 atom stereocenters. The van der Waals surface area contributed by atoms with Crippen LogP contribution in [0.2, 0.25) is 5.02 Å². The molecule has 0 saturated carbocycles. The van der Waals surface area contributed by atoms with Gasteiger partial charge >= 0.3 is 0 Å². The maximum absolute atomic E-state index is 9.90. The largest absolute Gasteiger partial charge is 0.508 e. The second-order valence-electron chi connectivity index (χ2n) is 7.09. The van der Waals surface area contributed by atoms with E-state index in [2.05, 4.69) is 9.88 Å². The first-order valence-electron chi connectivity index (χ1n) is 8.99. The van der Waals surface area contributed by atoms with Gasteiger partial charge in [0.2, 0.25) is 5.88 Å². The number of nitrogens with one attached hydrogen (secondary N) is 1. The Morgan fingerprint density at radius 3 is 2.75 bits per heavy atom. The van der Waals surface area contributed by atoms with Gasteiger partial charge in [-0.05, 0) is 31.8 Å². The SMILES string of the molecule is CN(C)CCn1cnc2c(c1=N)C(c1ccccc1Cl)c1ccc(O)cc1O2. The number of benzene rings is 2. The summed E-state index contributed by atoms with van der Waals surface area (Å²) in [5, 5.41) is 19.3. The molecule has 2 N–H and O–H groups in total. The number of aromatic nitrogens is 2. The molecule has 7 heteroatoms. The summed E-state index contributed by atoms with van der Waals surface area (Å²) in [6, 6.07) is 12.6. The molecular formula is C21H21ClN4O2. The standard InChI is InChI=1S/C21H21ClN4O2/c1-25(2)9-10-26-12-24-21-19(20(26)23)18(14-5-3-4-6-16(14)22)15-8-7-13(27)11-17(15)28-21/h3-8,11-12,18,23,27H,9-10H2,1-2H3. The van der Waals surface area contributed by atoms with Crippen LogP contribution in [-0.2, 0) is 6.54 Å². The quantitative estimate of drug-likeness (QED) is 0.553. The molecule has 0 amide bonds. The summed E-state index contributed by atoms with van der Waals surface area (Å²) in [6.45, 7) is 1.43. The van der Waals surface area contributed by atoms with Crippen LogP contribution in [0.3, 0.4) is 0 Å². The molecule has 1 aromatic heterocycles. The summed E-state index contributed by atoms with van der Waals surface area (Å²) in [5.41, 5.74) is 2.74. The number of aromatic hydroxyl groups is 1. The molecule has 144 valence electrons. The minimum atomic E-state index is -0.306. The number of halogens is 1. The van der Waals surface area contributed by atoms with Crippen LogP contribution >= 0.6 is 11.6 Å². The van der Waals surface area contributed by atoms with Gasteiger partial charge in [0.15, 0.2) is 0 Å². The van der Waals surface area contributed by atoms with E-state index in [-0.39, 0.29) is 11.7 Å². The second-order valence-corrected chi connectivity index (χ2v) is 7.49. The van der Waals surface area contributed by atoms with Gasteiger partial charge < -0.3 is 19.3 Å². The predicted molar refractivity (Wildman–Crippen MR) is 107 cm³/mol. The van der Waals surface area contributed by atoms with Crippen LogP contribution in [0.1, 0.15) is 22.6 Å². The zero-order chi connectivity index (χ0) is 19.8. The first-order valence-corrected chi connectivity index (χ1v) is 9.37. The Bertz CT molecular complexity index is 1090. The molecule has 0 fully saturated rings. The molecule has 1 aliphatic heterocycles. The zero-order valence-corrected chi connectivity index (χ0v) is 16.4. The van der Waals surface area contributed by atoms with Gasteiger partial charge in [0, 0.05) is 35.7 Å². The van der Waals surface area contributed by atoms with E-state index in [9.17, 15) is 5.11 Å². The number of hydrogen-bond acceptors (Lipinski definition) is 5. The number of nitrogens with zero attached hydrogens (tertiary/aromatic N) is 3. The number of fused-ring (bicyclic) bond motifs is 2. The molecule has 6 nitrogen and oxygen atoms in total. The lowest BCUT2D eigenvalue weighted by Crippen LogP contribution is -2.32. The van der Waals surface area contributed by atoms with E-state index in [1.807, 2.05) is 49.0 Å². The fourth-order valence-electron chi connectivity index (χ4n) is 3.47. The van der Waals surface area contributed by atoms with E-state index in [4.69, 9.17) is 21.7 Å². The Labute approximate surface area is 168 Å². The summed E-state index contributed by atoms with van der Waals surface area (Å²) in [6.07, 6.45) is 1.63. The van der Waals surface area contributed by atoms with E-state index in [0.29, 0.717) is 34.2 Å². The molecule has 4 rings (SSSR count). The van der Waals surface area contributed by atoms with Crippen molar-refractivity contribution in [1.29, 1.82) is 5.41 Å². The zero-order valence-electron chi connectivity index (χ0n) is 15.7. The number of ether oxygens (including phenoxy) is 1. The number of rotatable bonds is 4. The Morgan fingerprint density at radius 2 is 2.00 bits per heavy atom. The van der Waals surface area contributed by atoms with Gasteiger partial charge in [0.1, 0.15) is 23.3 Å². The van der Waals surface area contributed by atoms with E-state index in [1.165, 1.54) is 0 Å². The van der Waals surface area contributed by atoms with Crippen LogP contribution in [-0.4, -0.2) is 40.2 Å². The first kappa shape index (κ1) is 18.5. The molecule has 3 aromatic rings. The molecule has 1 aliphatic rings. The molecule has 1 unspecified atom stereocenters. The van der Waals surface area contributed by atoms with Crippen molar-refractivity contribution in [3.8, 4) is 17.4 Å². The van der Waals surface area contributed by atoms with E-state index in [0.717, 1.165) is 17.7 Å². The third-order valence-electron chi connectivity index (χ3n) is 4.89. The average Bonchev–Trinajstić information content (AvgIpc) is 2.66. The van der Waals surface area contributed by atoms with Gasteiger partial charge in [-0.3, -0.25) is 5.41 Å². The Kier molecular flexibility index (Phi) is 4.83. The fraction of sp³-hybridized carbons (Fsp3) is 0.238. The Hall–Kier alpha value is -2.83. The molecule has 2 aromatic carbocycles. The van der Waals surface area contributed by atoms with Crippen LogP contribution in [0, 0.1) is 5.41 Å². The van der Waals surface area contributed by atoms with Gasteiger partial charge in [0.05, 0.1) is 5.56 Å². The lowest BCUT2D eigenvalue weighted by Gasteiger charge is -2.29. The molecular weight excluding hydrogens is 376 g/mol. The molecule has 0 bridgehead atoms. The average molecular weight is 397 g/mol. The van der Waals surface area contributed by atoms with Crippen molar-refractivity contribution in [2.45, 2.75) is 12.5 Å².